The molecular weight excluding hydrogens is 206 g/mol. The Morgan fingerprint density at radius 1 is 1.38 bits per heavy atom. The molecule has 0 spiro atoms. The van der Waals surface area contributed by atoms with E-state index in [2.05, 4.69) is 9.78 Å². The van der Waals surface area contributed by atoms with E-state index in [1.54, 1.807) is 0 Å². The standard InChI is InChI=1S/C11H15N3O2/c15-11(16)13-5-8-6-14(12-10(8)7-13)9-3-1-2-4-9/h6,9H,1-5,7H2,(H,15,16). The maximum Gasteiger partial charge on any atom is 0.407 e. The molecule has 1 aromatic heterocycles. The summed E-state index contributed by atoms with van der Waals surface area (Å²) in [6.45, 7) is 0.946. The molecule has 1 fully saturated rings. The smallest absolute Gasteiger partial charge is 0.407 e. The van der Waals surface area contributed by atoms with Crippen LogP contribution in [0.5, 0.6) is 0 Å². The summed E-state index contributed by atoms with van der Waals surface area (Å²) >= 11 is 0. The van der Waals surface area contributed by atoms with Crippen molar-refractivity contribution in [3.05, 3.63) is 17.5 Å². The van der Waals surface area contributed by atoms with Crippen LogP contribution >= 0.6 is 0 Å². The van der Waals surface area contributed by atoms with Gasteiger partial charge in [0.05, 0.1) is 24.8 Å². The summed E-state index contributed by atoms with van der Waals surface area (Å²) in [6.07, 6.45) is 6.18. The average Bonchev–Trinajstić information content (AvgIpc) is 2.91. The predicted octanol–water partition coefficient (Wildman–Crippen LogP) is 1.99. The first-order valence-electron chi connectivity index (χ1n) is 5.79. The molecule has 2 aliphatic rings. The van der Waals surface area contributed by atoms with Crippen LogP contribution < -0.4 is 0 Å². The Balaban J connectivity index is 1.78. The highest BCUT2D eigenvalue weighted by molar-refractivity contribution is 5.66. The monoisotopic (exact) mass is 221 g/mol. The van der Waals surface area contributed by atoms with Crippen molar-refractivity contribution in [2.24, 2.45) is 0 Å². The molecule has 0 aromatic carbocycles. The molecule has 1 aliphatic carbocycles. The van der Waals surface area contributed by atoms with E-state index in [1.165, 1.54) is 30.6 Å². The average molecular weight is 221 g/mol. The first-order chi connectivity index (χ1) is 7.74. The van der Waals surface area contributed by atoms with Gasteiger partial charge in [0.2, 0.25) is 0 Å². The van der Waals surface area contributed by atoms with Crippen LogP contribution in [0.25, 0.3) is 0 Å². The SMILES string of the molecule is O=C(O)N1Cc2cn(C3CCCC3)nc2C1. The van der Waals surface area contributed by atoms with Gasteiger partial charge in [0.15, 0.2) is 0 Å². The molecule has 5 nitrogen and oxygen atoms in total. The summed E-state index contributed by atoms with van der Waals surface area (Å²) in [7, 11) is 0. The molecule has 1 aromatic rings. The topological polar surface area (TPSA) is 58.4 Å². The lowest BCUT2D eigenvalue weighted by atomic mass is 10.2. The summed E-state index contributed by atoms with van der Waals surface area (Å²) in [5.74, 6) is 0. The first kappa shape index (κ1) is 9.69. The number of rotatable bonds is 1. The molecule has 1 aliphatic heterocycles. The van der Waals surface area contributed by atoms with Crippen LogP contribution in [-0.2, 0) is 13.1 Å². The minimum atomic E-state index is -0.856. The molecule has 0 unspecified atom stereocenters. The lowest BCUT2D eigenvalue weighted by Crippen LogP contribution is -2.23. The maximum atomic E-state index is 10.8. The van der Waals surface area contributed by atoms with Gasteiger partial charge in [0.1, 0.15) is 0 Å². The molecule has 1 saturated carbocycles. The second kappa shape index (κ2) is 3.50. The zero-order chi connectivity index (χ0) is 11.1. The van der Waals surface area contributed by atoms with Gasteiger partial charge < -0.3 is 5.11 Å². The first-order valence-corrected chi connectivity index (χ1v) is 5.79. The van der Waals surface area contributed by atoms with Crippen LogP contribution in [0.3, 0.4) is 0 Å². The fourth-order valence-electron chi connectivity index (χ4n) is 2.67. The molecule has 0 atom stereocenters. The number of carboxylic acid groups (broad SMARTS) is 1. The van der Waals surface area contributed by atoms with Crippen LogP contribution in [0.1, 0.15) is 43.0 Å². The molecule has 0 radical (unpaired) electrons. The number of amides is 1. The quantitative estimate of drug-likeness (QED) is 0.789. The number of nitrogens with zero attached hydrogens (tertiary/aromatic N) is 3. The summed E-state index contributed by atoms with van der Waals surface area (Å²) in [4.78, 5) is 12.2. The Labute approximate surface area is 93.7 Å². The van der Waals surface area contributed by atoms with Crippen molar-refractivity contribution in [1.82, 2.24) is 14.7 Å². The van der Waals surface area contributed by atoms with Gasteiger partial charge >= 0.3 is 6.09 Å². The molecule has 2 heterocycles. The van der Waals surface area contributed by atoms with Crippen molar-refractivity contribution in [2.45, 2.75) is 44.8 Å². The van der Waals surface area contributed by atoms with Crippen molar-refractivity contribution in [1.29, 1.82) is 0 Å². The fraction of sp³-hybridized carbons (Fsp3) is 0.636. The molecule has 16 heavy (non-hydrogen) atoms. The van der Waals surface area contributed by atoms with Crippen molar-refractivity contribution in [2.75, 3.05) is 0 Å². The Morgan fingerprint density at radius 2 is 2.12 bits per heavy atom. The van der Waals surface area contributed by atoms with Crippen molar-refractivity contribution in [3.8, 4) is 0 Å². The molecule has 0 bridgehead atoms. The van der Waals surface area contributed by atoms with E-state index in [4.69, 9.17) is 5.11 Å². The van der Waals surface area contributed by atoms with Gasteiger partial charge in [0, 0.05) is 11.8 Å². The third-order valence-electron chi connectivity index (χ3n) is 3.57. The lowest BCUT2D eigenvalue weighted by Gasteiger charge is -2.12. The van der Waals surface area contributed by atoms with E-state index < -0.39 is 6.09 Å². The number of hydrogen-bond acceptors (Lipinski definition) is 2. The second-order valence-corrected chi connectivity index (χ2v) is 4.66. The van der Waals surface area contributed by atoms with Gasteiger partial charge in [-0.1, -0.05) is 12.8 Å². The van der Waals surface area contributed by atoms with Crippen molar-refractivity contribution in [3.63, 3.8) is 0 Å². The van der Waals surface area contributed by atoms with Crippen LogP contribution in [0.4, 0.5) is 4.79 Å². The highest BCUT2D eigenvalue weighted by Gasteiger charge is 2.27. The number of hydrogen-bond donors (Lipinski definition) is 1. The Bertz CT molecular complexity index is 397. The molecule has 1 amide bonds. The lowest BCUT2D eigenvalue weighted by molar-refractivity contribution is 0.144. The minimum Gasteiger partial charge on any atom is -0.465 e. The summed E-state index contributed by atoms with van der Waals surface area (Å²) in [6, 6.07) is 0.545. The fourth-order valence-corrected chi connectivity index (χ4v) is 2.67. The third-order valence-corrected chi connectivity index (χ3v) is 3.57. The number of aromatic nitrogens is 2. The zero-order valence-electron chi connectivity index (χ0n) is 9.09. The predicted molar refractivity (Wildman–Crippen MR) is 57.0 cm³/mol. The van der Waals surface area contributed by atoms with Gasteiger partial charge in [-0.05, 0) is 12.8 Å². The van der Waals surface area contributed by atoms with Gasteiger partial charge in [-0.25, -0.2) is 4.79 Å². The third kappa shape index (κ3) is 1.47. The van der Waals surface area contributed by atoms with Crippen molar-refractivity contribution < 1.29 is 9.90 Å². The van der Waals surface area contributed by atoms with E-state index in [-0.39, 0.29) is 0 Å². The molecular formula is C11H15N3O2. The van der Waals surface area contributed by atoms with E-state index in [0.717, 1.165) is 11.3 Å². The summed E-state index contributed by atoms with van der Waals surface area (Å²) < 4.78 is 2.05. The largest absolute Gasteiger partial charge is 0.465 e. The van der Waals surface area contributed by atoms with Gasteiger partial charge in [-0.3, -0.25) is 9.58 Å². The highest BCUT2D eigenvalue weighted by atomic mass is 16.4. The van der Waals surface area contributed by atoms with Crippen LogP contribution in [0.15, 0.2) is 6.20 Å². The van der Waals surface area contributed by atoms with Crippen molar-refractivity contribution >= 4 is 6.09 Å². The van der Waals surface area contributed by atoms with E-state index in [9.17, 15) is 4.79 Å². The van der Waals surface area contributed by atoms with Crippen LogP contribution in [0.2, 0.25) is 0 Å². The number of carbonyl (C=O) groups is 1. The van der Waals surface area contributed by atoms with Gasteiger partial charge in [-0.15, -0.1) is 0 Å². The molecule has 0 saturated heterocycles. The second-order valence-electron chi connectivity index (χ2n) is 4.66. The van der Waals surface area contributed by atoms with Crippen LogP contribution in [0, 0.1) is 0 Å². The number of fused-ring (bicyclic) bond motifs is 1. The van der Waals surface area contributed by atoms with Crippen LogP contribution in [-0.4, -0.2) is 25.9 Å². The normalized spacial score (nSPS) is 20.4. The Kier molecular flexibility index (Phi) is 2.12. The van der Waals surface area contributed by atoms with E-state index >= 15 is 0 Å². The molecule has 1 N–H and O–H groups in total. The summed E-state index contributed by atoms with van der Waals surface area (Å²) in [5, 5.41) is 13.4. The Hall–Kier alpha value is -1.52. The maximum absolute atomic E-state index is 10.8. The van der Waals surface area contributed by atoms with Gasteiger partial charge in [-0.2, -0.15) is 5.10 Å². The van der Waals surface area contributed by atoms with E-state index in [1.807, 2.05) is 6.20 Å². The van der Waals surface area contributed by atoms with Gasteiger partial charge in [0.25, 0.3) is 0 Å². The highest BCUT2D eigenvalue weighted by Crippen LogP contribution is 2.31. The molecule has 3 rings (SSSR count). The Morgan fingerprint density at radius 3 is 2.75 bits per heavy atom. The summed E-state index contributed by atoms with van der Waals surface area (Å²) in [5.41, 5.74) is 2.02. The molecule has 86 valence electrons. The van der Waals surface area contributed by atoms with E-state index in [0.29, 0.717) is 19.1 Å². The molecule has 5 heteroatoms. The zero-order valence-corrected chi connectivity index (χ0v) is 9.09. The minimum absolute atomic E-state index is 0.449.